The minimum Gasteiger partial charge on any atom is -0.376 e. The normalized spacial score (nSPS) is 31.6. The molecule has 21 heavy (non-hydrogen) atoms. The van der Waals surface area contributed by atoms with Crippen LogP contribution in [-0.4, -0.2) is 30.7 Å². The van der Waals surface area contributed by atoms with E-state index in [9.17, 15) is 4.79 Å². The summed E-state index contributed by atoms with van der Waals surface area (Å²) >= 11 is 0. The average molecular weight is 296 g/mol. The number of ether oxygens (including phenoxy) is 1. The van der Waals surface area contributed by atoms with Crippen molar-refractivity contribution in [3.8, 4) is 0 Å². The smallest absolute Gasteiger partial charge is 0.240 e. The molecule has 3 N–H and O–H groups in total. The van der Waals surface area contributed by atoms with Crippen LogP contribution in [0.15, 0.2) is 0 Å². The van der Waals surface area contributed by atoms with E-state index in [4.69, 9.17) is 10.5 Å². The Labute approximate surface area is 129 Å². The molecule has 2 rings (SSSR count). The van der Waals surface area contributed by atoms with Gasteiger partial charge in [0.25, 0.3) is 0 Å². The Morgan fingerprint density at radius 2 is 2.05 bits per heavy atom. The molecule has 0 aromatic carbocycles. The minimum atomic E-state index is -0.653. The van der Waals surface area contributed by atoms with Crippen molar-refractivity contribution < 1.29 is 9.53 Å². The van der Waals surface area contributed by atoms with Crippen LogP contribution < -0.4 is 11.1 Å². The van der Waals surface area contributed by atoms with Gasteiger partial charge in [-0.2, -0.15) is 0 Å². The lowest BCUT2D eigenvalue weighted by atomic mass is 9.71. The maximum absolute atomic E-state index is 12.0. The second-order valence-electron chi connectivity index (χ2n) is 7.99. The first-order chi connectivity index (χ1) is 9.79. The van der Waals surface area contributed by atoms with Crippen LogP contribution >= 0.6 is 0 Å². The third kappa shape index (κ3) is 3.98. The van der Waals surface area contributed by atoms with Crippen molar-refractivity contribution in [1.82, 2.24) is 5.32 Å². The van der Waals surface area contributed by atoms with Crippen molar-refractivity contribution >= 4 is 5.91 Å². The summed E-state index contributed by atoms with van der Waals surface area (Å²) < 4.78 is 6.21. The molecule has 3 atom stereocenters. The fourth-order valence-corrected chi connectivity index (χ4v) is 4.20. The van der Waals surface area contributed by atoms with Crippen molar-refractivity contribution in [2.24, 2.45) is 23.0 Å². The summed E-state index contributed by atoms with van der Waals surface area (Å²) in [5, 5.41) is 3.33. The summed E-state index contributed by atoms with van der Waals surface area (Å²) in [5.74, 6) is 0.778. The van der Waals surface area contributed by atoms with Crippen molar-refractivity contribution in [2.75, 3.05) is 13.2 Å². The highest BCUT2D eigenvalue weighted by Gasteiger charge is 2.50. The highest BCUT2D eigenvalue weighted by molar-refractivity contribution is 5.85. The van der Waals surface area contributed by atoms with E-state index in [0.29, 0.717) is 23.9 Å². The Morgan fingerprint density at radius 3 is 2.52 bits per heavy atom. The number of carbonyl (C=O) groups is 1. The minimum absolute atomic E-state index is 0.250. The Bertz CT molecular complexity index is 379. The first-order valence-electron chi connectivity index (χ1n) is 8.45. The average Bonchev–Trinajstić information content (AvgIpc) is 3.16. The van der Waals surface area contributed by atoms with Gasteiger partial charge in [-0.05, 0) is 55.9 Å². The molecule has 2 saturated carbocycles. The number of nitrogens with two attached hydrogens (primary N) is 1. The van der Waals surface area contributed by atoms with Gasteiger partial charge in [-0.15, -0.1) is 0 Å². The van der Waals surface area contributed by atoms with Gasteiger partial charge in [0.2, 0.25) is 5.91 Å². The van der Waals surface area contributed by atoms with Crippen LogP contribution in [0.2, 0.25) is 0 Å². The molecule has 3 unspecified atom stereocenters. The summed E-state index contributed by atoms with van der Waals surface area (Å²) in [7, 11) is 0. The zero-order valence-electron chi connectivity index (χ0n) is 14.1. The molecule has 1 amide bonds. The number of rotatable bonds is 7. The molecule has 0 heterocycles. The number of amides is 1. The molecule has 0 bridgehead atoms. The number of hydrogen-bond donors (Lipinski definition) is 2. The molecule has 0 aliphatic heterocycles. The highest BCUT2D eigenvalue weighted by Crippen LogP contribution is 2.42. The second kappa shape index (κ2) is 6.25. The summed E-state index contributed by atoms with van der Waals surface area (Å²) in [5.41, 5.74) is 5.39. The third-order valence-corrected chi connectivity index (χ3v) is 5.10. The molecule has 2 aliphatic rings. The van der Waals surface area contributed by atoms with Gasteiger partial charge >= 0.3 is 0 Å². The van der Waals surface area contributed by atoms with E-state index in [0.717, 1.165) is 32.2 Å². The largest absolute Gasteiger partial charge is 0.376 e. The molecule has 4 heteroatoms. The molecule has 2 fully saturated rings. The quantitative estimate of drug-likeness (QED) is 0.758. The van der Waals surface area contributed by atoms with Crippen LogP contribution in [-0.2, 0) is 9.53 Å². The van der Waals surface area contributed by atoms with Gasteiger partial charge in [0.05, 0.1) is 12.7 Å². The van der Waals surface area contributed by atoms with E-state index < -0.39 is 5.54 Å². The fraction of sp³-hybridized carbons (Fsp3) is 0.941. The maximum Gasteiger partial charge on any atom is 0.240 e. The number of primary amides is 1. The van der Waals surface area contributed by atoms with Crippen LogP contribution in [0.1, 0.15) is 59.8 Å². The van der Waals surface area contributed by atoms with E-state index in [2.05, 4.69) is 26.1 Å². The topological polar surface area (TPSA) is 64.3 Å². The second-order valence-corrected chi connectivity index (χ2v) is 7.99. The first kappa shape index (κ1) is 16.8. The van der Waals surface area contributed by atoms with Crippen LogP contribution in [0.3, 0.4) is 0 Å². The van der Waals surface area contributed by atoms with Gasteiger partial charge in [-0.1, -0.05) is 27.7 Å². The lowest BCUT2D eigenvalue weighted by Crippen LogP contribution is -2.61. The predicted octanol–water partition coefficient (Wildman–Crippen LogP) is 2.46. The Balaban J connectivity index is 1.99. The number of likely N-dealkylation sites (N-methyl/N-ethyl adjacent to an activating group) is 1. The van der Waals surface area contributed by atoms with Crippen LogP contribution in [0, 0.1) is 17.3 Å². The number of hydrogen-bond acceptors (Lipinski definition) is 3. The van der Waals surface area contributed by atoms with Gasteiger partial charge < -0.3 is 15.8 Å². The standard InChI is InChI=1S/C17H32N2O2/c1-5-19-17(15(18)20,13-6-7-13)11-21-14-8-12(2)9-16(3,4)10-14/h12-14,19H,5-11H2,1-4H3,(H2,18,20). The number of carbonyl (C=O) groups excluding carboxylic acids is 1. The molecule has 0 saturated heterocycles. The van der Waals surface area contributed by atoms with Crippen molar-refractivity contribution in [3.63, 3.8) is 0 Å². The Morgan fingerprint density at radius 1 is 1.38 bits per heavy atom. The van der Waals surface area contributed by atoms with E-state index in [1.807, 2.05) is 6.92 Å². The molecule has 2 aliphatic carbocycles. The monoisotopic (exact) mass is 296 g/mol. The van der Waals surface area contributed by atoms with Gasteiger partial charge in [-0.3, -0.25) is 4.79 Å². The predicted molar refractivity (Wildman–Crippen MR) is 84.9 cm³/mol. The third-order valence-electron chi connectivity index (χ3n) is 5.10. The zero-order chi connectivity index (χ0) is 15.7. The molecule has 0 aromatic rings. The zero-order valence-corrected chi connectivity index (χ0v) is 14.1. The summed E-state index contributed by atoms with van der Waals surface area (Å²) in [6.07, 6.45) is 5.82. The Kier molecular flexibility index (Phi) is 4.99. The van der Waals surface area contributed by atoms with Crippen LogP contribution in [0.25, 0.3) is 0 Å². The van der Waals surface area contributed by atoms with Crippen molar-refractivity contribution in [2.45, 2.75) is 71.4 Å². The van der Waals surface area contributed by atoms with Crippen LogP contribution in [0.5, 0.6) is 0 Å². The molecule has 122 valence electrons. The molecule has 0 aromatic heterocycles. The SMILES string of the molecule is CCNC(COC1CC(C)CC(C)(C)C1)(C(N)=O)C1CC1. The summed E-state index contributed by atoms with van der Waals surface area (Å²) in [6.45, 7) is 10.1. The molecule has 0 radical (unpaired) electrons. The first-order valence-corrected chi connectivity index (χ1v) is 8.45. The van der Waals surface area contributed by atoms with E-state index in [1.54, 1.807) is 0 Å². The lowest BCUT2D eigenvalue weighted by Gasteiger charge is -2.40. The van der Waals surface area contributed by atoms with Crippen molar-refractivity contribution in [1.29, 1.82) is 0 Å². The van der Waals surface area contributed by atoms with Gasteiger partial charge in [-0.25, -0.2) is 0 Å². The van der Waals surface area contributed by atoms with Crippen molar-refractivity contribution in [3.05, 3.63) is 0 Å². The van der Waals surface area contributed by atoms with E-state index in [-0.39, 0.29) is 12.0 Å². The maximum atomic E-state index is 12.0. The lowest BCUT2D eigenvalue weighted by molar-refractivity contribution is -0.131. The summed E-state index contributed by atoms with van der Waals surface area (Å²) in [4.78, 5) is 12.0. The number of nitrogens with one attached hydrogen (secondary N) is 1. The molecular weight excluding hydrogens is 264 g/mol. The van der Waals surface area contributed by atoms with E-state index >= 15 is 0 Å². The van der Waals surface area contributed by atoms with Gasteiger partial charge in [0.1, 0.15) is 5.54 Å². The van der Waals surface area contributed by atoms with Gasteiger partial charge in [0.15, 0.2) is 0 Å². The summed E-state index contributed by atoms with van der Waals surface area (Å²) in [6, 6.07) is 0. The molecular formula is C17H32N2O2. The fourth-order valence-electron chi connectivity index (χ4n) is 4.20. The molecule has 4 nitrogen and oxygen atoms in total. The van der Waals surface area contributed by atoms with Gasteiger partial charge in [0, 0.05) is 0 Å². The van der Waals surface area contributed by atoms with E-state index in [1.165, 1.54) is 6.42 Å². The highest BCUT2D eigenvalue weighted by atomic mass is 16.5. The van der Waals surface area contributed by atoms with Crippen LogP contribution in [0.4, 0.5) is 0 Å². The Hall–Kier alpha value is -0.610. The molecule has 0 spiro atoms.